The summed E-state index contributed by atoms with van der Waals surface area (Å²) in [6, 6.07) is 16.8. The van der Waals surface area contributed by atoms with Gasteiger partial charge in [0, 0.05) is 17.5 Å². The molecule has 2 aromatic heterocycles. The van der Waals surface area contributed by atoms with Crippen molar-refractivity contribution in [1.82, 2.24) is 14.8 Å². The van der Waals surface area contributed by atoms with Gasteiger partial charge < -0.3 is 20.6 Å². The normalized spacial score (nSPS) is 11.3. The predicted molar refractivity (Wildman–Crippen MR) is 119 cm³/mol. The van der Waals surface area contributed by atoms with E-state index in [9.17, 15) is 14.7 Å². The Kier molecular flexibility index (Phi) is 4.07. The van der Waals surface area contributed by atoms with Crippen LogP contribution in [0.2, 0.25) is 0 Å². The summed E-state index contributed by atoms with van der Waals surface area (Å²) in [6.45, 7) is 1.84. The van der Waals surface area contributed by atoms with Crippen LogP contribution in [0.4, 0.5) is 5.82 Å². The SMILES string of the molecule is Cc1cc(Oc2ccccc2)c(O)cc1-n1[nH]c2c(c1N)c(=O)[nH]c1cc(=O)ccc12. The van der Waals surface area contributed by atoms with Crippen molar-refractivity contribution in [2.24, 2.45) is 0 Å². The zero-order chi connectivity index (χ0) is 21.7. The summed E-state index contributed by atoms with van der Waals surface area (Å²) in [6.07, 6.45) is 0. The molecule has 8 heteroatoms. The van der Waals surface area contributed by atoms with Gasteiger partial charge in [-0.2, -0.15) is 0 Å². The molecule has 0 fully saturated rings. The smallest absolute Gasteiger partial charge is 0.261 e. The van der Waals surface area contributed by atoms with Gasteiger partial charge in [0.15, 0.2) is 16.9 Å². The molecule has 5 N–H and O–H groups in total. The summed E-state index contributed by atoms with van der Waals surface area (Å²) < 4.78 is 7.31. The summed E-state index contributed by atoms with van der Waals surface area (Å²) in [7, 11) is 0. The number of rotatable bonds is 3. The maximum absolute atomic E-state index is 12.6. The van der Waals surface area contributed by atoms with Crippen LogP contribution in [0.5, 0.6) is 17.2 Å². The van der Waals surface area contributed by atoms with Crippen molar-refractivity contribution in [3.63, 3.8) is 0 Å². The van der Waals surface area contributed by atoms with E-state index in [0.29, 0.717) is 33.6 Å². The van der Waals surface area contributed by atoms with Crippen molar-refractivity contribution in [2.75, 3.05) is 5.73 Å². The van der Waals surface area contributed by atoms with Crippen molar-refractivity contribution < 1.29 is 9.84 Å². The van der Waals surface area contributed by atoms with Crippen molar-refractivity contribution >= 4 is 27.6 Å². The molecular formula is C23H18N4O4. The van der Waals surface area contributed by atoms with Crippen LogP contribution in [0.25, 0.3) is 27.5 Å². The molecule has 0 unspecified atom stereocenters. The number of fused-ring (bicyclic) bond motifs is 3. The molecule has 8 nitrogen and oxygen atoms in total. The number of H-pyrrole nitrogens is 2. The van der Waals surface area contributed by atoms with Crippen LogP contribution < -0.4 is 21.5 Å². The Morgan fingerprint density at radius 3 is 2.58 bits per heavy atom. The first kappa shape index (κ1) is 18.6. The van der Waals surface area contributed by atoms with Gasteiger partial charge in [-0.25, -0.2) is 4.68 Å². The molecule has 31 heavy (non-hydrogen) atoms. The molecule has 0 saturated carbocycles. The molecule has 154 valence electrons. The van der Waals surface area contributed by atoms with Crippen molar-refractivity contribution in [3.05, 3.63) is 86.8 Å². The number of nitrogens with two attached hydrogens (primary N) is 1. The van der Waals surface area contributed by atoms with E-state index in [2.05, 4.69) is 10.1 Å². The van der Waals surface area contributed by atoms with E-state index in [-0.39, 0.29) is 22.4 Å². The minimum atomic E-state index is -0.411. The fourth-order valence-electron chi connectivity index (χ4n) is 3.71. The second-order valence-electron chi connectivity index (χ2n) is 7.27. The number of aromatic hydroxyl groups is 1. The number of aryl methyl sites for hydroxylation is 1. The van der Waals surface area contributed by atoms with Crippen molar-refractivity contribution in [2.45, 2.75) is 6.92 Å². The number of hydrogen-bond acceptors (Lipinski definition) is 5. The maximum Gasteiger partial charge on any atom is 0.261 e. The highest BCUT2D eigenvalue weighted by Gasteiger charge is 2.18. The van der Waals surface area contributed by atoms with Crippen molar-refractivity contribution in [3.8, 4) is 22.9 Å². The molecule has 3 aromatic carbocycles. The highest BCUT2D eigenvalue weighted by atomic mass is 16.5. The zero-order valence-electron chi connectivity index (χ0n) is 16.5. The van der Waals surface area contributed by atoms with Crippen molar-refractivity contribution in [1.29, 1.82) is 0 Å². The molecule has 0 radical (unpaired) electrons. The van der Waals surface area contributed by atoms with Gasteiger partial charge in [-0.15, -0.1) is 0 Å². The third kappa shape index (κ3) is 3.01. The van der Waals surface area contributed by atoms with Gasteiger partial charge in [0.05, 0.1) is 16.7 Å². The predicted octanol–water partition coefficient (Wildman–Crippen LogP) is 3.55. The zero-order valence-corrected chi connectivity index (χ0v) is 16.5. The maximum atomic E-state index is 12.6. The van der Waals surface area contributed by atoms with Gasteiger partial charge >= 0.3 is 0 Å². The van der Waals surface area contributed by atoms with Crippen LogP contribution >= 0.6 is 0 Å². The largest absolute Gasteiger partial charge is 0.504 e. The number of nitrogen functional groups attached to an aromatic ring is 1. The summed E-state index contributed by atoms with van der Waals surface area (Å²) in [5.41, 5.74) is 7.93. The van der Waals surface area contributed by atoms with E-state index in [1.165, 1.54) is 22.9 Å². The molecule has 0 saturated heterocycles. The lowest BCUT2D eigenvalue weighted by atomic mass is 10.1. The summed E-state index contributed by atoms with van der Waals surface area (Å²) in [5, 5.41) is 14.6. The van der Waals surface area contributed by atoms with Crippen LogP contribution in [-0.4, -0.2) is 19.9 Å². The number of phenols is 1. The first-order valence-corrected chi connectivity index (χ1v) is 9.55. The first-order chi connectivity index (χ1) is 14.9. The van der Waals surface area contributed by atoms with Gasteiger partial charge in [0.1, 0.15) is 17.0 Å². The van der Waals surface area contributed by atoms with Gasteiger partial charge in [0.2, 0.25) is 0 Å². The van der Waals surface area contributed by atoms with E-state index < -0.39 is 5.56 Å². The summed E-state index contributed by atoms with van der Waals surface area (Å²) in [4.78, 5) is 27.0. The number of para-hydroxylation sites is 1. The van der Waals surface area contributed by atoms with Gasteiger partial charge in [0.25, 0.3) is 5.56 Å². The highest BCUT2D eigenvalue weighted by molar-refractivity contribution is 6.06. The van der Waals surface area contributed by atoms with Gasteiger partial charge in [-0.1, -0.05) is 18.2 Å². The van der Waals surface area contributed by atoms with E-state index in [1.807, 2.05) is 25.1 Å². The Hall–Kier alpha value is -4.46. The summed E-state index contributed by atoms with van der Waals surface area (Å²) in [5.74, 6) is 1.00. The number of anilines is 1. The second-order valence-corrected chi connectivity index (χ2v) is 7.27. The Morgan fingerprint density at radius 1 is 1.03 bits per heavy atom. The van der Waals surface area contributed by atoms with Gasteiger partial charge in [-0.3, -0.25) is 14.7 Å². The molecule has 5 rings (SSSR count). The number of ether oxygens (including phenoxy) is 1. The van der Waals surface area contributed by atoms with Crippen LogP contribution in [0, 0.1) is 6.92 Å². The monoisotopic (exact) mass is 414 g/mol. The fourth-order valence-corrected chi connectivity index (χ4v) is 3.71. The molecule has 0 amide bonds. The Labute approximate surface area is 175 Å². The van der Waals surface area contributed by atoms with E-state index in [0.717, 1.165) is 5.56 Å². The second kappa shape index (κ2) is 6.81. The number of nitrogens with one attached hydrogen (secondary N) is 2. The number of aromatic nitrogens is 3. The lowest BCUT2D eigenvalue weighted by molar-refractivity contribution is 0.410. The van der Waals surface area contributed by atoms with E-state index in [1.54, 1.807) is 24.3 Å². The van der Waals surface area contributed by atoms with Gasteiger partial charge in [-0.05, 0) is 42.8 Å². The molecular weight excluding hydrogens is 396 g/mol. The lowest BCUT2D eigenvalue weighted by Crippen LogP contribution is -2.09. The molecule has 0 bridgehead atoms. The first-order valence-electron chi connectivity index (χ1n) is 9.55. The molecule has 5 aromatic rings. The Morgan fingerprint density at radius 2 is 1.81 bits per heavy atom. The van der Waals surface area contributed by atoms with E-state index >= 15 is 0 Å². The molecule has 0 spiro atoms. The quantitative estimate of drug-likeness (QED) is 0.359. The van der Waals surface area contributed by atoms with E-state index in [4.69, 9.17) is 10.5 Å². The van der Waals surface area contributed by atoms with Crippen LogP contribution in [-0.2, 0) is 0 Å². The standard InChI is InChI=1S/C23H18N4O4/c1-12-9-19(31-14-5-3-2-4-6-14)18(29)11-17(12)27-22(24)20-21(26-27)15-8-7-13(28)10-16(15)25-23(20)30/h2-11,26,29H,24H2,1H3,(H,25,30). The summed E-state index contributed by atoms with van der Waals surface area (Å²) >= 11 is 0. The molecule has 0 atom stereocenters. The molecule has 0 aliphatic heterocycles. The van der Waals surface area contributed by atoms with Crippen LogP contribution in [0.1, 0.15) is 5.56 Å². The lowest BCUT2D eigenvalue weighted by Gasteiger charge is -2.13. The number of aromatic amines is 2. The minimum Gasteiger partial charge on any atom is -0.504 e. The number of pyridine rings is 1. The minimum absolute atomic E-state index is 0.0789. The average molecular weight is 414 g/mol. The number of nitrogens with zero attached hydrogens (tertiary/aromatic N) is 1. The Balaban J connectivity index is 1.69. The van der Waals surface area contributed by atoms with Crippen LogP contribution in [0.15, 0.2) is 70.3 Å². The number of benzene rings is 3. The van der Waals surface area contributed by atoms with Crippen LogP contribution in [0.3, 0.4) is 0 Å². The topological polar surface area (TPSA) is 126 Å². The fraction of sp³-hybridized carbons (Fsp3) is 0.0435. The third-order valence-electron chi connectivity index (χ3n) is 5.20. The molecule has 0 aliphatic rings. The molecule has 2 heterocycles. The highest BCUT2D eigenvalue weighted by Crippen LogP contribution is 2.36. The molecule has 0 aliphatic carbocycles. The third-order valence-corrected chi connectivity index (χ3v) is 5.20. The Bertz CT molecular complexity index is 1580. The number of hydrogen-bond donors (Lipinski definition) is 4. The average Bonchev–Trinajstić information content (AvgIpc) is 3.09. The number of phenolic OH excluding ortho intramolecular Hbond substituents is 1.